The van der Waals surface area contributed by atoms with Crippen molar-refractivity contribution in [2.75, 3.05) is 7.05 Å². The Morgan fingerprint density at radius 1 is 1.24 bits per heavy atom. The quantitative estimate of drug-likeness (QED) is 0.675. The fourth-order valence-corrected chi connectivity index (χ4v) is 2.04. The monoisotopic (exact) mass is 350 g/mol. The Kier molecular flexibility index (Phi) is 4.54. The first-order valence-corrected chi connectivity index (χ1v) is 6.75. The predicted octanol–water partition coefficient (Wildman–Crippen LogP) is 3.51. The van der Waals surface area contributed by atoms with Crippen molar-refractivity contribution in [3.8, 4) is 11.5 Å². The number of amides is 1. The summed E-state index contributed by atoms with van der Waals surface area (Å²) >= 11 is 3.31. The van der Waals surface area contributed by atoms with Crippen LogP contribution < -0.4 is 10.1 Å². The highest BCUT2D eigenvalue weighted by atomic mass is 79.9. The molecule has 2 aromatic rings. The molecule has 2 rings (SSSR count). The van der Waals surface area contributed by atoms with Gasteiger partial charge < -0.3 is 10.1 Å². The SMILES string of the molecule is CNC(=O)c1ccc(Oc2ccccc2Br)c([N+](=O)[O-])c1. The Balaban J connectivity index is 2.42. The lowest BCUT2D eigenvalue weighted by molar-refractivity contribution is -0.385. The third kappa shape index (κ3) is 3.38. The van der Waals surface area contributed by atoms with Gasteiger partial charge in [-0.1, -0.05) is 12.1 Å². The maximum absolute atomic E-state index is 11.5. The molecule has 0 saturated heterocycles. The molecule has 7 heteroatoms. The van der Waals surface area contributed by atoms with Crippen LogP contribution in [0.2, 0.25) is 0 Å². The number of nitrogens with zero attached hydrogens (tertiary/aromatic N) is 1. The second kappa shape index (κ2) is 6.36. The minimum Gasteiger partial charge on any atom is -0.449 e. The van der Waals surface area contributed by atoms with Gasteiger partial charge in [0, 0.05) is 18.7 Å². The Labute approximate surface area is 129 Å². The number of rotatable bonds is 4. The normalized spacial score (nSPS) is 10.0. The highest BCUT2D eigenvalue weighted by Gasteiger charge is 2.19. The first-order chi connectivity index (χ1) is 10.0. The molecule has 0 aliphatic rings. The molecule has 1 amide bonds. The average molecular weight is 351 g/mol. The lowest BCUT2D eigenvalue weighted by Crippen LogP contribution is -2.17. The molecule has 0 heterocycles. The summed E-state index contributed by atoms with van der Waals surface area (Å²) in [5.41, 5.74) is -0.0736. The van der Waals surface area contributed by atoms with E-state index < -0.39 is 10.8 Å². The molecule has 0 aromatic heterocycles. The van der Waals surface area contributed by atoms with Crippen LogP contribution in [0.5, 0.6) is 11.5 Å². The van der Waals surface area contributed by atoms with Crippen molar-refractivity contribution < 1.29 is 14.5 Å². The van der Waals surface area contributed by atoms with E-state index in [4.69, 9.17) is 4.74 Å². The van der Waals surface area contributed by atoms with Gasteiger partial charge in [0.2, 0.25) is 5.75 Å². The van der Waals surface area contributed by atoms with E-state index >= 15 is 0 Å². The zero-order valence-corrected chi connectivity index (χ0v) is 12.6. The van der Waals surface area contributed by atoms with Crippen LogP contribution in [0.25, 0.3) is 0 Å². The summed E-state index contributed by atoms with van der Waals surface area (Å²) in [6.07, 6.45) is 0. The van der Waals surface area contributed by atoms with Crippen LogP contribution in [0.4, 0.5) is 5.69 Å². The number of carbonyl (C=O) groups excluding carboxylic acids is 1. The average Bonchev–Trinajstić information content (AvgIpc) is 2.49. The topological polar surface area (TPSA) is 81.5 Å². The number of carbonyl (C=O) groups is 1. The Bertz CT molecular complexity index is 703. The van der Waals surface area contributed by atoms with E-state index in [1.54, 1.807) is 24.3 Å². The van der Waals surface area contributed by atoms with E-state index in [9.17, 15) is 14.9 Å². The summed E-state index contributed by atoms with van der Waals surface area (Å²) in [7, 11) is 1.46. The predicted molar refractivity (Wildman–Crippen MR) is 80.7 cm³/mol. The van der Waals surface area contributed by atoms with Gasteiger partial charge in [-0.15, -0.1) is 0 Å². The Hall–Kier alpha value is -2.41. The fourth-order valence-electron chi connectivity index (χ4n) is 1.68. The molecule has 0 unspecified atom stereocenters. The molecule has 6 nitrogen and oxygen atoms in total. The van der Waals surface area contributed by atoms with Crippen molar-refractivity contribution in [2.24, 2.45) is 0 Å². The number of nitro groups is 1. The van der Waals surface area contributed by atoms with E-state index in [2.05, 4.69) is 21.2 Å². The van der Waals surface area contributed by atoms with Crippen LogP contribution in [0, 0.1) is 10.1 Å². The minimum absolute atomic E-state index is 0.0690. The van der Waals surface area contributed by atoms with Gasteiger partial charge >= 0.3 is 5.69 Å². The molecule has 108 valence electrons. The van der Waals surface area contributed by atoms with Crippen LogP contribution in [0.1, 0.15) is 10.4 Å². The molecule has 1 N–H and O–H groups in total. The highest BCUT2D eigenvalue weighted by molar-refractivity contribution is 9.10. The van der Waals surface area contributed by atoms with Gasteiger partial charge in [-0.3, -0.25) is 14.9 Å². The van der Waals surface area contributed by atoms with E-state index in [1.807, 2.05) is 0 Å². The third-order valence-electron chi connectivity index (χ3n) is 2.70. The van der Waals surface area contributed by atoms with Gasteiger partial charge in [-0.05, 0) is 40.2 Å². The third-order valence-corrected chi connectivity index (χ3v) is 3.36. The molecule has 2 aromatic carbocycles. The second-order valence-electron chi connectivity index (χ2n) is 4.05. The summed E-state index contributed by atoms with van der Waals surface area (Å²) < 4.78 is 6.23. The molecule has 0 aliphatic carbocycles. The van der Waals surface area contributed by atoms with Gasteiger partial charge in [0.15, 0.2) is 0 Å². The molecule has 0 fully saturated rings. The molecule has 0 atom stereocenters. The minimum atomic E-state index is -0.585. The van der Waals surface area contributed by atoms with Crippen molar-refractivity contribution in [3.63, 3.8) is 0 Å². The van der Waals surface area contributed by atoms with Crippen molar-refractivity contribution >= 4 is 27.5 Å². The van der Waals surface area contributed by atoms with Crippen molar-refractivity contribution in [3.05, 3.63) is 62.6 Å². The fraction of sp³-hybridized carbons (Fsp3) is 0.0714. The molecule has 0 aliphatic heterocycles. The van der Waals surface area contributed by atoms with E-state index in [0.717, 1.165) is 0 Å². The maximum Gasteiger partial charge on any atom is 0.312 e. The van der Waals surface area contributed by atoms with Gasteiger partial charge in [0.1, 0.15) is 5.75 Å². The summed E-state index contributed by atoms with van der Waals surface area (Å²) in [5.74, 6) is 0.124. The van der Waals surface area contributed by atoms with Gasteiger partial charge in [0.25, 0.3) is 5.91 Å². The smallest absolute Gasteiger partial charge is 0.312 e. The Morgan fingerprint density at radius 2 is 1.95 bits per heavy atom. The summed E-state index contributed by atoms with van der Waals surface area (Å²) in [5, 5.41) is 13.6. The van der Waals surface area contributed by atoms with Gasteiger partial charge in [0.05, 0.1) is 9.40 Å². The summed E-state index contributed by atoms with van der Waals surface area (Å²) in [4.78, 5) is 22.1. The second-order valence-corrected chi connectivity index (χ2v) is 4.91. The zero-order chi connectivity index (χ0) is 15.4. The lowest BCUT2D eigenvalue weighted by atomic mass is 10.1. The number of ether oxygens (including phenoxy) is 1. The van der Waals surface area contributed by atoms with E-state index in [0.29, 0.717) is 10.2 Å². The maximum atomic E-state index is 11.5. The van der Waals surface area contributed by atoms with E-state index in [-0.39, 0.29) is 17.0 Å². The van der Waals surface area contributed by atoms with Crippen LogP contribution in [0.15, 0.2) is 46.9 Å². The largest absolute Gasteiger partial charge is 0.449 e. The number of halogens is 1. The molecular formula is C14H11BrN2O4. The zero-order valence-electron chi connectivity index (χ0n) is 11.0. The van der Waals surface area contributed by atoms with Crippen LogP contribution in [-0.4, -0.2) is 17.9 Å². The lowest BCUT2D eigenvalue weighted by Gasteiger charge is -2.09. The molecule has 0 spiro atoms. The van der Waals surface area contributed by atoms with Gasteiger partial charge in [-0.2, -0.15) is 0 Å². The highest BCUT2D eigenvalue weighted by Crippen LogP contribution is 2.35. The number of hydrogen-bond donors (Lipinski definition) is 1. The van der Waals surface area contributed by atoms with Crippen molar-refractivity contribution in [1.82, 2.24) is 5.32 Å². The van der Waals surface area contributed by atoms with Crippen molar-refractivity contribution in [1.29, 1.82) is 0 Å². The molecule has 0 saturated carbocycles. The molecular weight excluding hydrogens is 340 g/mol. The van der Waals surface area contributed by atoms with Crippen LogP contribution >= 0.6 is 15.9 Å². The van der Waals surface area contributed by atoms with Crippen molar-refractivity contribution in [2.45, 2.75) is 0 Å². The molecule has 0 radical (unpaired) electrons. The first kappa shape index (κ1) is 15.0. The first-order valence-electron chi connectivity index (χ1n) is 5.96. The number of para-hydroxylation sites is 1. The number of hydrogen-bond acceptors (Lipinski definition) is 4. The van der Waals surface area contributed by atoms with Crippen LogP contribution in [0.3, 0.4) is 0 Å². The standard InChI is InChI=1S/C14H11BrN2O4/c1-16-14(18)9-6-7-13(11(8-9)17(19)20)21-12-5-3-2-4-10(12)15/h2-8H,1H3,(H,16,18). The summed E-state index contributed by atoms with van der Waals surface area (Å²) in [6.45, 7) is 0. The summed E-state index contributed by atoms with van der Waals surface area (Å²) in [6, 6.07) is 11.1. The van der Waals surface area contributed by atoms with Gasteiger partial charge in [-0.25, -0.2) is 0 Å². The molecule has 0 bridgehead atoms. The van der Waals surface area contributed by atoms with Crippen LogP contribution in [-0.2, 0) is 0 Å². The number of benzene rings is 2. The number of nitro benzene ring substituents is 1. The number of nitrogens with one attached hydrogen (secondary N) is 1. The molecule has 21 heavy (non-hydrogen) atoms. The van der Waals surface area contributed by atoms with E-state index in [1.165, 1.54) is 25.2 Å². The Morgan fingerprint density at radius 3 is 2.57 bits per heavy atom.